The average Bonchev–Trinajstić information content (AvgIpc) is 2.53. The largest absolute Gasteiger partial charge is 0.325 e. The molecule has 0 saturated carbocycles. The molecule has 0 aliphatic carbocycles. The van der Waals surface area contributed by atoms with Gasteiger partial charge in [0.1, 0.15) is 0 Å². The summed E-state index contributed by atoms with van der Waals surface area (Å²) in [6.07, 6.45) is 1.78. The number of rotatable bonds is 4. The minimum absolute atomic E-state index is 0.0881. The van der Waals surface area contributed by atoms with Crippen LogP contribution in [0.1, 0.15) is 26.3 Å². The Labute approximate surface area is 132 Å². The van der Waals surface area contributed by atoms with Crippen LogP contribution >= 0.6 is 0 Å². The van der Waals surface area contributed by atoms with Crippen molar-refractivity contribution < 1.29 is 4.79 Å². The Kier molecular flexibility index (Phi) is 5.32. The third-order valence-electron chi connectivity index (χ3n) is 3.42. The Morgan fingerprint density at radius 1 is 1.18 bits per heavy atom. The van der Waals surface area contributed by atoms with E-state index in [9.17, 15) is 4.79 Å². The summed E-state index contributed by atoms with van der Waals surface area (Å²) in [5.41, 5.74) is 3.03. The smallest absolute Gasteiger partial charge is 0.298 e. The van der Waals surface area contributed by atoms with Gasteiger partial charge in [0.15, 0.2) is 0 Å². The molecule has 1 amide bonds. The summed E-state index contributed by atoms with van der Waals surface area (Å²) in [5.74, 6) is 5.16. The first-order chi connectivity index (χ1) is 10.6. The number of carbonyl (C=O) groups is 1. The number of nitrogens with zero attached hydrogens (tertiary/aromatic N) is 2. The zero-order valence-corrected chi connectivity index (χ0v) is 13.2. The fourth-order valence-corrected chi connectivity index (χ4v) is 2.28. The predicted molar refractivity (Wildman–Crippen MR) is 88.8 cm³/mol. The Hall–Kier alpha value is -2.60. The second-order valence-corrected chi connectivity index (χ2v) is 5.27. The van der Waals surface area contributed by atoms with Crippen LogP contribution in [-0.4, -0.2) is 21.8 Å². The Balaban J connectivity index is 2.36. The van der Waals surface area contributed by atoms with E-state index in [1.807, 2.05) is 56.3 Å². The number of hydrogen-bond acceptors (Lipinski definition) is 2. The van der Waals surface area contributed by atoms with E-state index in [2.05, 4.69) is 16.8 Å². The highest BCUT2D eigenvalue weighted by molar-refractivity contribution is 5.93. The van der Waals surface area contributed by atoms with E-state index in [0.717, 1.165) is 16.8 Å². The lowest BCUT2D eigenvalue weighted by atomic mass is 10.0. The van der Waals surface area contributed by atoms with Crippen LogP contribution in [-0.2, 0) is 11.3 Å². The van der Waals surface area contributed by atoms with Crippen molar-refractivity contribution in [1.82, 2.24) is 9.88 Å². The molecular formula is C19H20N2O. The highest BCUT2D eigenvalue weighted by Gasteiger charge is 2.17. The van der Waals surface area contributed by atoms with Gasteiger partial charge in [-0.2, -0.15) is 0 Å². The molecule has 0 aliphatic heterocycles. The lowest BCUT2D eigenvalue weighted by molar-refractivity contribution is -0.127. The van der Waals surface area contributed by atoms with Gasteiger partial charge in [-0.15, -0.1) is 0 Å². The normalized spacial score (nSPS) is 10.0. The molecule has 0 saturated heterocycles. The highest BCUT2D eigenvalue weighted by atomic mass is 16.2. The first-order valence-corrected chi connectivity index (χ1v) is 7.36. The van der Waals surface area contributed by atoms with Crippen LogP contribution in [0, 0.1) is 11.8 Å². The minimum Gasteiger partial charge on any atom is -0.325 e. The van der Waals surface area contributed by atoms with Gasteiger partial charge in [-0.05, 0) is 44.4 Å². The van der Waals surface area contributed by atoms with Gasteiger partial charge < -0.3 is 4.90 Å². The van der Waals surface area contributed by atoms with E-state index in [1.54, 1.807) is 18.0 Å². The maximum Gasteiger partial charge on any atom is 0.298 e. The van der Waals surface area contributed by atoms with Crippen LogP contribution in [0.4, 0.5) is 0 Å². The fourth-order valence-electron chi connectivity index (χ4n) is 2.28. The van der Waals surface area contributed by atoms with Crippen molar-refractivity contribution in [3.63, 3.8) is 0 Å². The molecule has 0 radical (unpaired) electrons. The molecule has 0 aliphatic rings. The molecule has 3 heteroatoms. The SMILES string of the molecule is CC#CC(=O)N(Cc1ccccc1-c1ccccn1)C(C)C. The van der Waals surface area contributed by atoms with E-state index in [-0.39, 0.29) is 11.9 Å². The summed E-state index contributed by atoms with van der Waals surface area (Å²) in [6.45, 7) is 6.20. The molecule has 1 aromatic heterocycles. The highest BCUT2D eigenvalue weighted by Crippen LogP contribution is 2.23. The van der Waals surface area contributed by atoms with Gasteiger partial charge in [-0.25, -0.2) is 0 Å². The van der Waals surface area contributed by atoms with Gasteiger partial charge in [-0.3, -0.25) is 9.78 Å². The zero-order valence-electron chi connectivity index (χ0n) is 13.2. The molecule has 0 N–H and O–H groups in total. The molecule has 1 aromatic carbocycles. The number of carbonyl (C=O) groups excluding carboxylic acids is 1. The lowest BCUT2D eigenvalue weighted by Crippen LogP contribution is -2.35. The molecule has 22 heavy (non-hydrogen) atoms. The van der Waals surface area contributed by atoms with Crippen molar-refractivity contribution in [2.45, 2.75) is 33.4 Å². The fraction of sp³-hybridized carbons (Fsp3) is 0.263. The molecule has 0 atom stereocenters. The summed E-state index contributed by atoms with van der Waals surface area (Å²) in [6, 6.07) is 14.0. The summed E-state index contributed by atoms with van der Waals surface area (Å²) in [5, 5.41) is 0. The van der Waals surface area contributed by atoms with Crippen molar-refractivity contribution >= 4 is 5.91 Å². The molecule has 2 rings (SSSR count). The van der Waals surface area contributed by atoms with Crippen LogP contribution in [0.25, 0.3) is 11.3 Å². The summed E-state index contributed by atoms with van der Waals surface area (Å²) in [7, 11) is 0. The first-order valence-electron chi connectivity index (χ1n) is 7.36. The van der Waals surface area contributed by atoms with Gasteiger partial charge in [0.05, 0.1) is 5.69 Å². The number of aromatic nitrogens is 1. The number of amides is 1. The third kappa shape index (κ3) is 3.73. The van der Waals surface area contributed by atoms with Gasteiger partial charge in [0.2, 0.25) is 0 Å². The Morgan fingerprint density at radius 3 is 2.55 bits per heavy atom. The molecule has 0 unspecified atom stereocenters. The molecule has 112 valence electrons. The average molecular weight is 292 g/mol. The summed E-state index contributed by atoms with van der Waals surface area (Å²) in [4.78, 5) is 18.4. The van der Waals surface area contributed by atoms with E-state index in [0.29, 0.717) is 6.54 Å². The predicted octanol–water partition coefficient (Wildman–Crippen LogP) is 3.51. The summed E-state index contributed by atoms with van der Waals surface area (Å²) < 4.78 is 0. The molecule has 0 bridgehead atoms. The number of hydrogen-bond donors (Lipinski definition) is 0. The summed E-state index contributed by atoms with van der Waals surface area (Å²) >= 11 is 0. The minimum atomic E-state index is -0.145. The van der Waals surface area contributed by atoms with E-state index in [4.69, 9.17) is 0 Å². The Bertz CT molecular complexity index is 696. The van der Waals surface area contributed by atoms with Crippen LogP contribution in [0.15, 0.2) is 48.7 Å². The second-order valence-electron chi connectivity index (χ2n) is 5.27. The van der Waals surface area contributed by atoms with Crippen LogP contribution in [0.2, 0.25) is 0 Å². The Morgan fingerprint density at radius 2 is 1.91 bits per heavy atom. The maximum atomic E-state index is 12.2. The molecule has 0 spiro atoms. The van der Waals surface area contributed by atoms with E-state index in [1.165, 1.54) is 0 Å². The topological polar surface area (TPSA) is 33.2 Å². The van der Waals surface area contributed by atoms with E-state index >= 15 is 0 Å². The third-order valence-corrected chi connectivity index (χ3v) is 3.42. The van der Waals surface area contributed by atoms with Crippen molar-refractivity contribution in [2.24, 2.45) is 0 Å². The number of benzene rings is 1. The van der Waals surface area contributed by atoms with Gasteiger partial charge >= 0.3 is 0 Å². The molecule has 2 aromatic rings. The van der Waals surface area contributed by atoms with Crippen LogP contribution in [0.5, 0.6) is 0 Å². The molecule has 1 heterocycles. The van der Waals surface area contributed by atoms with Crippen LogP contribution in [0.3, 0.4) is 0 Å². The first kappa shape index (κ1) is 15.8. The second kappa shape index (κ2) is 7.42. The lowest BCUT2D eigenvalue weighted by Gasteiger charge is -2.25. The molecule has 0 fully saturated rings. The zero-order chi connectivity index (χ0) is 15.9. The van der Waals surface area contributed by atoms with E-state index < -0.39 is 0 Å². The van der Waals surface area contributed by atoms with Gasteiger partial charge in [-0.1, -0.05) is 36.3 Å². The molecular weight excluding hydrogens is 272 g/mol. The monoisotopic (exact) mass is 292 g/mol. The van der Waals surface area contributed by atoms with Gasteiger partial charge in [0.25, 0.3) is 5.91 Å². The van der Waals surface area contributed by atoms with Gasteiger partial charge in [0, 0.05) is 24.3 Å². The van der Waals surface area contributed by atoms with Crippen LogP contribution < -0.4 is 0 Å². The standard InChI is InChI=1S/C19H20N2O/c1-4-9-19(22)21(15(2)3)14-16-10-5-6-11-17(16)18-12-7-8-13-20-18/h5-8,10-13,15H,14H2,1-3H3. The molecule has 3 nitrogen and oxygen atoms in total. The quantitative estimate of drug-likeness (QED) is 0.808. The number of pyridine rings is 1. The van der Waals surface area contributed by atoms with Crippen molar-refractivity contribution in [2.75, 3.05) is 0 Å². The maximum absolute atomic E-state index is 12.2. The van der Waals surface area contributed by atoms with Crippen molar-refractivity contribution in [3.05, 3.63) is 54.2 Å². The van der Waals surface area contributed by atoms with Crippen molar-refractivity contribution in [3.8, 4) is 23.1 Å². The van der Waals surface area contributed by atoms with Crippen molar-refractivity contribution in [1.29, 1.82) is 0 Å².